The van der Waals surface area contributed by atoms with E-state index in [2.05, 4.69) is 31.4 Å². The summed E-state index contributed by atoms with van der Waals surface area (Å²) in [6, 6.07) is 17.6. The van der Waals surface area contributed by atoms with Crippen molar-refractivity contribution in [1.29, 1.82) is 0 Å². The number of nitrogens with one attached hydrogen (secondary N) is 2. The van der Waals surface area contributed by atoms with Gasteiger partial charge in [-0.15, -0.1) is 0 Å². The fourth-order valence-corrected chi connectivity index (χ4v) is 2.76. The highest BCUT2D eigenvalue weighted by atomic mass is 79.9. The minimum atomic E-state index is -0.235. The molecule has 0 atom stereocenters. The van der Waals surface area contributed by atoms with Crippen LogP contribution in [0.2, 0.25) is 0 Å². The van der Waals surface area contributed by atoms with Crippen molar-refractivity contribution < 1.29 is 9.53 Å². The molecule has 0 aliphatic heterocycles. The van der Waals surface area contributed by atoms with Gasteiger partial charge in [-0.1, -0.05) is 58.4 Å². The molecule has 1 amide bonds. The Kier molecular flexibility index (Phi) is 5.63. The van der Waals surface area contributed by atoms with Gasteiger partial charge in [0.25, 0.3) is 5.91 Å². The fraction of sp³-hybridized carbons (Fsp3) is 0.158. The zero-order valence-corrected chi connectivity index (χ0v) is 15.3. The number of nitrogens with zero attached hydrogens (tertiary/aromatic N) is 1. The van der Waals surface area contributed by atoms with Crippen molar-refractivity contribution in [2.75, 3.05) is 11.9 Å². The molecule has 0 aliphatic carbocycles. The van der Waals surface area contributed by atoms with E-state index in [0.29, 0.717) is 12.4 Å². The van der Waals surface area contributed by atoms with E-state index in [4.69, 9.17) is 4.74 Å². The van der Waals surface area contributed by atoms with Gasteiger partial charge in [0.05, 0.1) is 6.61 Å². The lowest BCUT2D eigenvalue weighted by Gasteiger charge is -2.07. The molecule has 128 valence electrons. The number of aryl methyl sites for hydroxylation is 1. The Balaban J connectivity index is 1.63. The fourth-order valence-electron chi connectivity index (χ4n) is 2.49. The van der Waals surface area contributed by atoms with Crippen molar-refractivity contribution in [3.8, 4) is 11.1 Å². The van der Waals surface area contributed by atoms with Crippen LogP contribution in [-0.4, -0.2) is 22.7 Å². The molecular formula is C19H18BrN3O2. The van der Waals surface area contributed by atoms with Crippen LogP contribution in [-0.2, 0) is 16.1 Å². The number of anilines is 1. The number of rotatable bonds is 6. The first-order chi connectivity index (χ1) is 12.1. The summed E-state index contributed by atoms with van der Waals surface area (Å²) >= 11 is 3.42. The van der Waals surface area contributed by atoms with Crippen molar-refractivity contribution in [2.24, 2.45) is 0 Å². The largest absolute Gasteiger partial charge is 0.367 e. The number of carbonyl (C=O) groups is 1. The molecule has 0 bridgehead atoms. The molecule has 3 rings (SSSR count). The number of aromatic amines is 1. The van der Waals surface area contributed by atoms with Crippen LogP contribution in [0.15, 0.2) is 59.1 Å². The van der Waals surface area contributed by atoms with Gasteiger partial charge >= 0.3 is 0 Å². The molecule has 0 fully saturated rings. The van der Waals surface area contributed by atoms with E-state index in [9.17, 15) is 4.79 Å². The minimum Gasteiger partial charge on any atom is -0.367 e. The lowest BCUT2D eigenvalue weighted by Crippen LogP contribution is -2.18. The van der Waals surface area contributed by atoms with Crippen molar-refractivity contribution in [2.45, 2.75) is 13.5 Å². The summed E-state index contributed by atoms with van der Waals surface area (Å²) in [5.41, 5.74) is 3.78. The van der Waals surface area contributed by atoms with Crippen LogP contribution in [0.4, 0.5) is 5.82 Å². The van der Waals surface area contributed by atoms with Gasteiger partial charge in [-0.3, -0.25) is 9.89 Å². The second-order valence-corrected chi connectivity index (χ2v) is 6.52. The monoisotopic (exact) mass is 399 g/mol. The van der Waals surface area contributed by atoms with Gasteiger partial charge in [0.2, 0.25) is 0 Å². The van der Waals surface area contributed by atoms with Gasteiger partial charge < -0.3 is 10.1 Å². The maximum atomic E-state index is 12.2. The Hall–Kier alpha value is -2.44. The molecule has 2 N–H and O–H groups in total. The van der Waals surface area contributed by atoms with E-state index in [0.717, 1.165) is 26.9 Å². The molecule has 0 radical (unpaired) electrons. The summed E-state index contributed by atoms with van der Waals surface area (Å²) < 4.78 is 6.46. The number of halogens is 1. The number of benzene rings is 2. The van der Waals surface area contributed by atoms with Crippen molar-refractivity contribution >= 4 is 27.7 Å². The highest BCUT2D eigenvalue weighted by Gasteiger charge is 2.15. The van der Waals surface area contributed by atoms with E-state index in [1.165, 1.54) is 0 Å². The maximum Gasteiger partial charge on any atom is 0.251 e. The van der Waals surface area contributed by atoms with E-state index in [1.54, 1.807) is 0 Å². The SMILES string of the molecule is Cc1[nH]nc(NC(=O)COCc2ccccc2)c1-c1ccc(Br)cc1. The molecule has 1 aromatic heterocycles. The second kappa shape index (κ2) is 8.09. The van der Waals surface area contributed by atoms with Crippen LogP contribution in [0.1, 0.15) is 11.3 Å². The third-order valence-corrected chi connectivity index (χ3v) is 4.21. The summed E-state index contributed by atoms with van der Waals surface area (Å²) in [6.45, 7) is 2.29. The Bertz CT molecular complexity index is 845. The van der Waals surface area contributed by atoms with Gasteiger partial charge in [0.15, 0.2) is 5.82 Å². The number of ether oxygens (including phenoxy) is 1. The van der Waals surface area contributed by atoms with Gasteiger partial charge in [-0.05, 0) is 30.2 Å². The van der Waals surface area contributed by atoms with E-state index >= 15 is 0 Å². The van der Waals surface area contributed by atoms with Crippen LogP contribution in [0.25, 0.3) is 11.1 Å². The van der Waals surface area contributed by atoms with E-state index < -0.39 is 0 Å². The summed E-state index contributed by atoms with van der Waals surface area (Å²) in [6.07, 6.45) is 0. The highest BCUT2D eigenvalue weighted by molar-refractivity contribution is 9.10. The smallest absolute Gasteiger partial charge is 0.251 e. The molecule has 2 aromatic carbocycles. The molecule has 0 aliphatic rings. The number of H-pyrrole nitrogens is 1. The number of aromatic nitrogens is 2. The average Bonchev–Trinajstić information content (AvgIpc) is 2.97. The minimum absolute atomic E-state index is 0.0272. The Morgan fingerprint density at radius 3 is 2.60 bits per heavy atom. The quantitative estimate of drug-likeness (QED) is 0.648. The highest BCUT2D eigenvalue weighted by Crippen LogP contribution is 2.30. The molecule has 6 heteroatoms. The van der Waals surface area contributed by atoms with Gasteiger partial charge in [-0.2, -0.15) is 5.10 Å². The molecule has 5 nitrogen and oxygen atoms in total. The first kappa shape index (κ1) is 17.4. The second-order valence-electron chi connectivity index (χ2n) is 5.61. The van der Waals surface area contributed by atoms with Gasteiger partial charge in [-0.25, -0.2) is 0 Å². The third kappa shape index (κ3) is 4.55. The predicted molar refractivity (Wildman–Crippen MR) is 101 cm³/mol. The van der Waals surface area contributed by atoms with E-state index in [1.807, 2.05) is 61.5 Å². The standard InChI is InChI=1S/C19H18BrN3O2/c1-13-18(15-7-9-16(20)10-8-15)19(23-22-13)21-17(24)12-25-11-14-5-3-2-4-6-14/h2-10H,11-12H2,1H3,(H2,21,22,23,24). The van der Waals surface area contributed by atoms with E-state index in [-0.39, 0.29) is 12.5 Å². The summed E-state index contributed by atoms with van der Waals surface area (Å²) in [4.78, 5) is 12.2. The molecule has 0 saturated carbocycles. The number of hydrogen-bond donors (Lipinski definition) is 2. The molecule has 0 spiro atoms. The topological polar surface area (TPSA) is 67.0 Å². The Labute approximate surface area is 154 Å². The Morgan fingerprint density at radius 1 is 1.16 bits per heavy atom. The zero-order valence-electron chi connectivity index (χ0n) is 13.8. The van der Waals surface area contributed by atoms with Crippen LogP contribution >= 0.6 is 15.9 Å². The average molecular weight is 400 g/mol. The predicted octanol–water partition coefficient (Wildman–Crippen LogP) is 4.30. The summed E-state index contributed by atoms with van der Waals surface area (Å²) in [5.74, 6) is 0.272. The maximum absolute atomic E-state index is 12.2. The molecule has 3 aromatic rings. The van der Waals surface area contributed by atoms with Crippen molar-refractivity contribution in [3.05, 3.63) is 70.3 Å². The van der Waals surface area contributed by atoms with Crippen LogP contribution in [0, 0.1) is 6.92 Å². The summed E-state index contributed by atoms with van der Waals surface area (Å²) in [7, 11) is 0. The van der Waals surface area contributed by atoms with Crippen molar-refractivity contribution in [3.63, 3.8) is 0 Å². The Morgan fingerprint density at radius 2 is 1.88 bits per heavy atom. The zero-order chi connectivity index (χ0) is 17.6. The molecule has 1 heterocycles. The molecular weight excluding hydrogens is 382 g/mol. The third-order valence-electron chi connectivity index (χ3n) is 3.68. The first-order valence-electron chi connectivity index (χ1n) is 7.86. The first-order valence-corrected chi connectivity index (χ1v) is 8.65. The van der Waals surface area contributed by atoms with Gasteiger partial charge in [0, 0.05) is 15.7 Å². The lowest BCUT2D eigenvalue weighted by atomic mass is 10.1. The molecule has 0 unspecified atom stereocenters. The number of amides is 1. The number of hydrogen-bond acceptors (Lipinski definition) is 3. The van der Waals surface area contributed by atoms with Crippen molar-refractivity contribution in [1.82, 2.24) is 10.2 Å². The molecule has 0 saturated heterocycles. The lowest BCUT2D eigenvalue weighted by molar-refractivity contribution is -0.121. The van der Waals surface area contributed by atoms with Crippen LogP contribution < -0.4 is 5.32 Å². The normalized spacial score (nSPS) is 10.6. The van der Waals surface area contributed by atoms with Crippen LogP contribution in [0.3, 0.4) is 0 Å². The molecule has 25 heavy (non-hydrogen) atoms. The van der Waals surface area contributed by atoms with Gasteiger partial charge in [0.1, 0.15) is 6.61 Å². The summed E-state index contributed by atoms with van der Waals surface area (Å²) in [5, 5.41) is 9.93. The van der Waals surface area contributed by atoms with Crippen LogP contribution in [0.5, 0.6) is 0 Å². The number of carbonyl (C=O) groups excluding carboxylic acids is 1.